The van der Waals surface area contributed by atoms with Gasteiger partial charge in [-0.2, -0.15) is 0 Å². The van der Waals surface area contributed by atoms with Gasteiger partial charge in [-0.25, -0.2) is 5.01 Å². The molecule has 0 aliphatic rings. The summed E-state index contributed by atoms with van der Waals surface area (Å²) in [7, 11) is 4.00. The maximum absolute atomic E-state index is 13.4. The molecule has 4 nitrogen and oxygen atoms in total. The van der Waals surface area contributed by atoms with Gasteiger partial charge >= 0.3 is 0 Å². The highest BCUT2D eigenvalue weighted by Gasteiger charge is 2.21. The van der Waals surface area contributed by atoms with Crippen molar-refractivity contribution < 1.29 is 4.79 Å². The molecule has 0 bridgehead atoms. The summed E-state index contributed by atoms with van der Waals surface area (Å²) in [6.45, 7) is 0. The average Bonchev–Trinajstić information content (AvgIpc) is 3.13. The van der Waals surface area contributed by atoms with Crippen LogP contribution in [0, 0.1) is 0 Å². The molecule has 1 heterocycles. The van der Waals surface area contributed by atoms with Gasteiger partial charge in [-0.1, -0.05) is 36.4 Å². The Kier molecular flexibility index (Phi) is 4.38. The number of carbonyl (C=O) groups excluding carboxylic acids is 1. The third kappa shape index (κ3) is 3.17. The molecule has 4 heteroatoms. The Balaban J connectivity index is 1.86. The Morgan fingerprint density at radius 3 is 2.07 bits per heavy atom. The number of aromatic nitrogens is 1. The molecule has 0 aliphatic carbocycles. The standard InChI is InChI=1S/C23H21N3O/c1-24(2)20-12-14-21(15-13-20)26(23(27)19-9-4-3-5-10-19)25-17-16-18-8-6-7-11-22(18)25/h3-17H,1-2H3. The SMILES string of the molecule is CN(C)c1ccc(N(C(=O)c2ccccc2)n2ccc3ccccc32)cc1. The third-order valence-corrected chi connectivity index (χ3v) is 4.62. The van der Waals surface area contributed by atoms with Crippen molar-refractivity contribution in [2.24, 2.45) is 0 Å². The van der Waals surface area contributed by atoms with E-state index in [1.165, 1.54) is 0 Å². The highest BCUT2D eigenvalue weighted by atomic mass is 16.2. The fraction of sp³-hybridized carbons (Fsp3) is 0.0870. The molecule has 0 spiro atoms. The van der Waals surface area contributed by atoms with Crippen molar-refractivity contribution in [2.45, 2.75) is 0 Å². The summed E-state index contributed by atoms with van der Waals surface area (Å²) in [5.41, 5.74) is 3.53. The molecule has 1 amide bonds. The van der Waals surface area contributed by atoms with Crippen molar-refractivity contribution in [2.75, 3.05) is 24.0 Å². The average molecular weight is 355 g/mol. The quantitative estimate of drug-likeness (QED) is 0.525. The van der Waals surface area contributed by atoms with E-state index in [-0.39, 0.29) is 5.91 Å². The highest BCUT2D eigenvalue weighted by Crippen LogP contribution is 2.25. The van der Waals surface area contributed by atoms with Gasteiger partial charge in [0.25, 0.3) is 5.91 Å². The third-order valence-electron chi connectivity index (χ3n) is 4.62. The number of anilines is 2. The molecule has 0 unspecified atom stereocenters. The van der Waals surface area contributed by atoms with Crippen LogP contribution in [0.25, 0.3) is 10.9 Å². The second-order valence-corrected chi connectivity index (χ2v) is 6.61. The normalized spacial score (nSPS) is 10.7. The van der Waals surface area contributed by atoms with Crippen LogP contribution in [-0.4, -0.2) is 24.7 Å². The zero-order chi connectivity index (χ0) is 18.8. The molecule has 1 aromatic heterocycles. The van der Waals surface area contributed by atoms with Gasteiger partial charge in [0, 0.05) is 36.9 Å². The highest BCUT2D eigenvalue weighted by molar-refractivity contribution is 6.06. The lowest BCUT2D eigenvalue weighted by Gasteiger charge is -2.26. The maximum Gasteiger partial charge on any atom is 0.277 e. The van der Waals surface area contributed by atoms with Gasteiger partial charge < -0.3 is 4.90 Å². The molecular formula is C23H21N3O. The molecule has 0 N–H and O–H groups in total. The van der Waals surface area contributed by atoms with Crippen LogP contribution in [0.1, 0.15) is 10.4 Å². The van der Waals surface area contributed by atoms with Gasteiger partial charge in [0.2, 0.25) is 0 Å². The lowest BCUT2D eigenvalue weighted by atomic mass is 10.2. The van der Waals surface area contributed by atoms with E-state index in [9.17, 15) is 4.79 Å². The predicted molar refractivity (Wildman–Crippen MR) is 111 cm³/mol. The number of hydrogen-bond acceptors (Lipinski definition) is 2. The molecule has 3 aromatic carbocycles. The minimum absolute atomic E-state index is 0.0745. The van der Waals surface area contributed by atoms with Crippen LogP contribution in [0.5, 0.6) is 0 Å². The Bertz CT molecular complexity index is 1070. The molecule has 0 aliphatic heterocycles. The first-order valence-electron chi connectivity index (χ1n) is 8.88. The first-order chi connectivity index (χ1) is 13.1. The van der Waals surface area contributed by atoms with Crippen molar-refractivity contribution in [3.63, 3.8) is 0 Å². The summed E-state index contributed by atoms with van der Waals surface area (Å²) in [4.78, 5) is 15.4. The fourth-order valence-corrected chi connectivity index (χ4v) is 3.18. The van der Waals surface area contributed by atoms with E-state index in [1.807, 2.05) is 115 Å². The Labute approximate surface area is 158 Å². The molecule has 0 fully saturated rings. The summed E-state index contributed by atoms with van der Waals surface area (Å²) in [5.74, 6) is -0.0745. The summed E-state index contributed by atoms with van der Waals surface area (Å²) < 4.78 is 1.91. The van der Waals surface area contributed by atoms with Gasteiger partial charge in [0.1, 0.15) is 0 Å². The van der Waals surface area contributed by atoms with E-state index >= 15 is 0 Å². The number of nitrogens with zero attached hydrogens (tertiary/aromatic N) is 3. The van der Waals surface area contributed by atoms with Gasteiger partial charge in [-0.05, 0) is 48.5 Å². The largest absolute Gasteiger partial charge is 0.378 e. The summed E-state index contributed by atoms with van der Waals surface area (Å²) in [5, 5.41) is 2.81. The molecule has 134 valence electrons. The van der Waals surface area contributed by atoms with E-state index in [1.54, 1.807) is 5.01 Å². The van der Waals surface area contributed by atoms with E-state index in [2.05, 4.69) is 0 Å². The number of amides is 1. The van der Waals surface area contributed by atoms with Crippen molar-refractivity contribution >= 4 is 28.2 Å². The Morgan fingerprint density at radius 1 is 0.741 bits per heavy atom. The van der Waals surface area contributed by atoms with Crippen molar-refractivity contribution in [3.05, 3.63) is 96.7 Å². The molecule has 0 saturated heterocycles. The molecule has 0 radical (unpaired) electrons. The monoisotopic (exact) mass is 355 g/mol. The van der Waals surface area contributed by atoms with Gasteiger partial charge in [-0.3, -0.25) is 9.47 Å². The molecule has 0 atom stereocenters. The number of carbonyl (C=O) groups is 1. The summed E-state index contributed by atoms with van der Waals surface area (Å²) >= 11 is 0. The van der Waals surface area contributed by atoms with Crippen LogP contribution in [-0.2, 0) is 0 Å². The van der Waals surface area contributed by atoms with Crippen LogP contribution in [0.2, 0.25) is 0 Å². The second-order valence-electron chi connectivity index (χ2n) is 6.61. The van der Waals surface area contributed by atoms with E-state index in [0.29, 0.717) is 5.56 Å². The van der Waals surface area contributed by atoms with Crippen LogP contribution in [0.15, 0.2) is 91.1 Å². The van der Waals surface area contributed by atoms with Crippen LogP contribution < -0.4 is 9.91 Å². The number of benzene rings is 3. The number of rotatable bonds is 4. The molecule has 4 rings (SSSR count). The van der Waals surface area contributed by atoms with E-state index in [4.69, 9.17) is 0 Å². The molecular weight excluding hydrogens is 334 g/mol. The number of fused-ring (bicyclic) bond motifs is 1. The van der Waals surface area contributed by atoms with Crippen LogP contribution >= 0.6 is 0 Å². The fourth-order valence-electron chi connectivity index (χ4n) is 3.18. The molecule has 27 heavy (non-hydrogen) atoms. The molecule has 0 saturated carbocycles. The second kappa shape index (κ2) is 7.00. The van der Waals surface area contributed by atoms with Gasteiger partial charge in [-0.15, -0.1) is 0 Å². The number of hydrogen-bond donors (Lipinski definition) is 0. The first-order valence-corrected chi connectivity index (χ1v) is 8.88. The summed E-state index contributed by atoms with van der Waals surface area (Å²) in [6, 6.07) is 27.4. The summed E-state index contributed by atoms with van der Waals surface area (Å²) in [6.07, 6.45) is 1.94. The smallest absolute Gasteiger partial charge is 0.277 e. The topological polar surface area (TPSA) is 28.5 Å². The van der Waals surface area contributed by atoms with Crippen molar-refractivity contribution in [3.8, 4) is 0 Å². The van der Waals surface area contributed by atoms with Crippen molar-refractivity contribution in [1.29, 1.82) is 0 Å². The van der Waals surface area contributed by atoms with Gasteiger partial charge in [0.05, 0.1) is 11.2 Å². The van der Waals surface area contributed by atoms with Crippen LogP contribution in [0.3, 0.4) is 0 Å². The predicted octanol–water partition coefficient (Wildman–Crippen LogP) is 4.82. The van der Waals surface area contributed by atoms with E-state index < -0.39 is 0 Å². The molecule has 4 aromatic rings. The van der Waals surface area contributed by atoms with Crippen LogP contribution in [0.4, 0.5) is 11.4 Å². The van der Waals surface area contributed by atoms with Gasteiger partial charge in [0.15, 0.2) is 0 Å². The zero-order valence-corrected chi connectivity index (χ0v) is 15.4. The Hall–Kier alpha value is -3.53. The minimum Gasteiger partial charge on any atom is -0.378 e. The van der Waals surface area contributed by atoms with E-state index in [0.717, 1.165) is 22.3 Å². The first kappa shape index (κ1) is 16.9. The zero-order valence-electron chi connectivity index (χ0n) is 15.4. The lowest BCUT2D eigenvalue weighted by molar-refractivity contribution is 0.0977. The lowest BCUT2D eigenvalue weighted by Crippen LogP contribution is -2.35. The minimum atomic E-state index is -0.0745. The maximum atomic E-state index is 13.4. The Morgan fingerprint density at radius 2 is 1.37 bits per heavy atom. The number of para-hydroxylation sites is 1. The van der Waals surface area contributed by atoms with Crippen molar-refractivity contribution in [1.82, 2.24) is 4.68 Å².